The number of carbonyl (C=O) groups is 1. The van der Waals surface area contributed by atoms with E-state index in [1.165, 1.54) is 34.2 Å². The van der Waals surface area contributed by atoms with Crippen LogP contribution in [0.1, 0.15) is 81.3 Å². The Morgan fingerprint density at radius 1 is 0.854 bits per heavy atom. The van der Waals surface area contributed by atoms with E-state index in [2.05, 4.69) is 58.3 Å². The van der Waals surface area contributed by atoms with Gasteiger partial charge < -0.3 is 14.7 Å². The van der Waals surface area contributed by atoms with E-state index >= 15 is 0 Å². The molecule has 1 aliphatic carbocycles. The molecule has 0 spiro atoms. The molecule has 0 bridgehead atoms. The number of aromatic nitrogens is 4. The lowest BCUT2D eigenvalue weighted by Gasteiger charge is -2.27. The molecule has 4 heterocycles. The van der Waals surface area contributed by atoms with E-state index in [4.69, 9.17) is 14.7 Å². The number of amides is 1. The van der Waals surface area contributed by atoms with Gasteiger partial charge in [-0.15, -0.1) is 0 Å². The van der Waals surface area contributed by atoms with E-state index in [1.807, 2.05) is 33.2 Å². The largest absolute Gasteiger partial charge is 0.444 e. The van der Waals surface area contributed by atoms with E-state index in [0.29, 0.717) is 12.6 Å². The van der Waals surface area contributed by atoms with Crippen molar-refractivity contribution in [1.29, 1.82) is 0 Å². The quantitative estimate of drug-likeness (QED) is 0.255. The summed E-state index contributed by atoms with van der Waals surface area (Å²) in [7, 11) is 2.18. The van der Waals surface area contributed by atoms with Crippen molar-refractivity contribution in [2.24, 2.45) is 0 Å². The minimum Gasteiger partial charge on any atom is -0.444 e. The first-order valence-corrected chi connectivity index (χ1v) is 14.8. The molecule has 212 valence electrons. The number of hydrogen-bond donors (Lipinski definition) is 2. The first kappa shape index (κ1) is 26.0. The zero-order valence-electron chi connectivity index (χ0n) is 24.3. The van der Waals surface area contributed by atoms with Gasteiger partial charge in [-0.1, -0.05) is 24.3 Å². The van der Waals surface area contributed by atoms with Crippen LogP contribution < -0.4 is 0 Å². The highest BCUT2D eigenvalue weighted by molar-refractivity contribution is 5.82. The van der Waals surface area contributed by atoms with Gasteiger partial charge in [-0.05, 0) is 112 Å². The number of aromatic amines is 2. The summed E-state index contributed by atoms with van der Waals surface area (Å²) in [5.41, 5.74) is 9.07. The maximum absolute atomic E-state index is 12.8. The summed E-state index contributed by atoms with van der Waals surface area (Å²) in [4.78, 5) is 33.5. The van der Waals surface area contributed by atoms with Crippen LogP contribution in [0, 0.1) is 0 Å². The standard InChI is InChI=1S/C33H38N6O2/c1-33(2,3)41-32(40)39-14-6-8-29(39)31-35-19-27(37-31)21-10-12-25-23(16-21)17-22-15-20(9-11-24(22)25)26-18-34-30(36-26)28-7-5-13-38(28)4/h9-12,15-16,18-19,28-29H,5-8,13-14,17H2,1-4H3,(H,34,36)(H,35,37). The molecule has 2 aromatic heterocycles. The Kier molecular flexibility index (Phi) is 6.27. The SMILES string of the molecule is CN1CCCC1c1ncc(-c2ccc3c(c2)Cc2cc(-c4cnc(C5CCCN5C(=O)OC(C)(C)C)[nH]4)ccc2-3)[nH]1. The predicted octanol–water partition coefficient (Wildman–Crippen LogP) is 6.88. The van der Waals surface area contributed by atoms with Gasteiger partial charge in [-0.3, -0.25) is 9.80 Å². The average Bonchev–Trinajstić information content (AvgIpc) is 3.75. The van der Waals surface area contributed by atoms with Crippen LogP contribution in [0.5, 0.6) is 0 Å². The molecule has 3 aliphatic rings. The van der Waals surface area contributed by atoms with Gasteiger partial charge in [0.1, 0.15) is 17.2 Å². The highest BCUT2D eigenvalue weighted by atomic mass is 16.6. The van der Waals surface area contributed by atoms with Gasteiger partial charge in [0.2, 0.25) is 0 Å². The van der Waals surface area contributed by atoms with Crippen LogP contribution in [0.3, 0.4) is 0 Å². The van der Waals surface area contributed by atoms with Gasteiger partial charge in [0.25, 0.3) is 0 Å². The molecule has 7 rings (SSSR count). The van der Waals surface area contributed by atoms with Crippen LogP contribution in [-0.4, -0.2) is 61.6 Å². The summed E-state index contributed by atoms with van der Waals surface area (Å²) < 4.78 is 5.65. The second-order valence-corrected chi connectivity index (χ2v) is 12.8. The summed E-state index contributed by atoms with van der Waals surface area (Å²) >= 11 is 0. The maximum atomic E-state index is 12.8. The molecular weight excluding hydrogens is 512 g/mol. The second-order valence-electron chi connectivity index (χ2n) is 12.8. The summed E-state index contributed by atoms with van der Waals surface area (Å²) in [6.07, 6.45) is 8.69. The number of H-pyrrole nitrogens is 2. The van der Waals surface area contributed by atoms with Crippen molar-refractivity contribution >= 4 is 6.09 Å². The van der Waals surface area contributed by atoms with E-state index in [-0.39, 0.29) is 12.1 Å². The van der Waals surface area contributed by atoms with Crippen molar-refractivity contribution in [3.05, 3.63) is 71.6 Å². The highest BCUT2D eigenvalue weighted by Gasteiger charge is 2.35. The van der Waals surface area contributed by atoms with Gasteiger partial charge in [0, 0.05) is 6.54 Å². The molecule has 2 saturated heterocycles. The zero-order chi connectivity index (χ0) is 28.3. The lowest BCUT2D eigenvalue weighted by atomic mass is 10.0. The fourth-order valence-corrected chi connectivity index (χ4v) is 6.70. The van der Waals surface area contributed by atoms with Crippen molar-refractivity contribution in [3.63, 3.8) is 0 Å². The van der Waals surface area contributed by atoms with E-state index in [9.17, 15) is 4.79 Å². The minimum atomic E-state index is -0.519. The minimum absolute atomic E-state index is 0.0900. The summed E-state index contributed by atoms with van der Waals surface area (Å²) in [5.74, 6) is 1.89. The van der Waals surface area contributed by atoms with Crippen molar-refractivity contribution in [2.45, 2.75) is 70.6 Å². The average molecular weight is 551 g/mol. The molecule has 0 saturated carbocycles. The molecule has 4 aromatic rings. The Balaban J connectivity index is 1.09. The lowest BCUT2D eigenvalue weighted by Crippen LogP contribution is -2.36. The molecule has 2 fully saturated rings. The van der Waals surface area contributed by atoms with Crippen LogP contribution in [0.2, 0.25) is 0 Å². The fraction of sp³-hybridized carbons (Fsp3) is 0.424. The zero-order valence-corrected chi connectivity index (χ0v) is 24.3. The molecule has 2 aromatic carbocycles. The number of fused-ring (bicyclic) bond motifs is 3. The smallest absolute Gasteiger partial charge is 0.410 e. The van der Waals surface area contributed by atoms with Crippen molar-refractivity contribution in [1.82, 2.24) is 29.7 Å². The molecule has 2 N–H and O–H groups in total. The van der Waals surface area contributed by atoms with Crippen LogP contribution in [0.4, 0.5) is 4.79 Å². The van der Waals surface area contributed by atoms with E-state index in [0.717, 1.165) is 60.8 Å². The monoisotopic (exact) mass is 550 g/mol. The van der Waals surface area contributed by atoms with Crippen molar-refractivity contribution < 1.29 is 9.53 Å². The number of nitrogens with one attached hydrogen (secondary N) is 2. The van der Waals surface area contributed by atoms with Crippen LogP contribution in [-0.2, 0) is 11.2 Å². The van der Waals surface area contributed by atoms with Crippen molar-refractivity contribution in [2.75, 3.05) is 20.1 Å². The van der Waals surface area contributed by atoms with Gasteiger partial charge in [-0.2, -0.15) is 0 Å². The molecular formula is C33H38N6O2. The van der Waals surface area contributed by atoms with Crippen LogP contribution in [0.15, 0.2) is 48.8 Å². The van der Waals surface area contributed by atoms with Gasteiger partial charge in [0.15, 0.2) is 0 Å². The Bertz CT molecular complexity index is 1610. The summed E-state index contributed by atoms with van der Waals surface area (Å²) in [6, 6.07) is 13.7. The predicted molar refractivity (Wildman–Crippen MR) is 159 cm³/mol. The molecule has 2 unspecified atom stereocenters. The highest BCUT2D eigenvalue weighted by Crippen LogP contribution is 2.41. The number of benzene rings is 2. The molecule has 8 heteroatoms. The molecule has 1 amide bonds. The number of imidazole rings is 2. The normalized spacial score (nSPS) is 20.4. The molecule has 2 atom stereocenters. The van der Waals surface area contributed by atoms with E-state index in [1.54, 1.807) is 4.90 Å². The third kappa shape index (κ3) is 4.84. The van der Waals surface area contributed by atoms with E-state index < -0.39 is 5.60 Å². The summed E-state index contributed by atoms with van der Waals surface area (Å²) in [5, 5.41) is 0. The third-order valence-electron chi connectivity index (χ3n) is 8.73. The Morgan fingerprint density at radius 2 is 1.41 bits per heavy atom. The number of nitrogens with zero attached hydrogens (tertiary/aromatic N) is 4. The maximum Gasteiger partial charge on any atom is 0.410 e. The number of hydrogen-bond acceptors (Lipinski definition) is 5. The van der Waals surface area contributed by atoms with Gasteiger partial charge in [-0.25, -0.2) is 14.8 Å². The fourth-order valence-electron chi connectivity index (χ4n) is 6.70. The molecule has 41 heavy (non-hydrogen) atoms. The second kappa shape index (κ2) is 9.87. The van der Waals surface area contributed by atoms with Gasteiger partial charge in [0.05, 0.1) is 35.9 Å². The Morgan fingerprint density at radius 3 is 1.98 bits per heavy atom. The topological polar surface area (TPSA) is 90.1 Å². The number of carbonyl (C=O) groups excluding carboxylic acids is 1. The van der Waals surface area contributed by atoms with Crippen LogP contribution in [0.25, 0.3) is 33.6 Å². The molecule has 0 radical (unpaired) electrons. The lowest BCUT2D eigenvalue weighted by molar-refractivity contribution is 0.0218. The van der Waals surface area contributed by atoms with Crippen molar-refractivity contribution in [3.8, 4) is 33.6 Å². The number of ether oxygens (including phenoxy) is 1. The Labute approximate surface area is 241 Å². The number of rotatable bonds is 4. The summed E-state index contributed by atoms with van der Waals surface area (Å²) in [6.45, 7) is 7.52. The first-order valence-electron chi connectivity index (χ1n) is 14.8. The number of likely N-dealkylation sites (tertiary alicyclic amines) is 2. The Hall–Kier alpha value is -3.91. The third-order valence-corrected chi connectivity index (χ3v) is 8.73. The molecule has 8 nitrogen and oxygen atoms in total. The first-order chi connectivity index (χ1) is 19.7. The van der Waals surface area contributed by atoms with Gasteiger partial charge >= 0.3 is 6.09 Å². The van der Waals surface area contributed by atoms with Crippen LogP contribution >= 0.6 is 0 Å². The molecule has 2 aliphatic heterocycles.